The van der Waals surface area contributed by atoms with Crippen LogP contribution in [-0.4, -0.2) is 57.3 Å². The molecular weight excluding hydrogens is 449 g/mol. The van der Waals surface area contributed by atoms with Gasteiger partial charge in [-0.1, -0.05) is 6.92 Å². The highest BCUT2D eigenvalue weighted by Crippen LogP contribution is 2.35. The average Bonchev–Trinajstić information content (AvgIpc) is 3.27. The number of carbonyl (C=O) groups excluding carboxylic acids is 1. The van der Waals surface area contributed by atoms with Gasteiger partial charge >= 0.3 is 6.18 Å². The van der Waals surface area contributed by atoms with Gasteiger partial charge in [0.25, 0.3) is 0 Å². The molecule has 1 aromatic carbocycles. The van der Waals surface area contributed by atoms with Crippen molar-refractivity contribution in [3.8, 4) is 5.75 Å². The summed E-state index contributed by atoms with van der Waals surface area (Å²) in [5.74, 6) is -0.225. The molecule has 0 unspecified atom stereocenters. The van der Waals surface area contributed by atoms with Crippen LogP contribution in [0, 0.1) is 11.8 Å². The number of methoxy groups -OCH3 is 1. The fraction of sp³-hybridized carbons (Fsp3) is 0.478. The molecule has 11 heteroatoms. The zero-order valence-corrected chi connectivity index (χ0v) is 18.9. The summed E-state index contributed by atoms with van der Waals surface area (Å²) >= 11 is 0. The van der Waals surface area contributed by atoms with Crippen molar-refractivity contribution in [2.24, 2.45) is 11.8 Å². The van der Waals surface area contributed by atoms with Gasteiger partial charge in [-0.25, -0.2) is 0 Å². The van der Waals surface area contributed by atoms with Crippen molar-refractivity contribution in [2.75, 3.05) is 31.6 Å². The predicted octanol–water partition coefficient (Wildman–Crippen LogP) is 3.36. The molecular formula is C23H25F3N6O2. The minimum atomic E-state index is -4.55. The van der Waals surface area contributed by atoms with E-state index in [0.717, 1.165) is 26.9 Å². The van der Waals surface area contributed by atoms with E-state index in [1.54, 1.807) is 18.2 Å². The number of halogens is 3. The minimum absolute atomic E-state index is 0.0284. The number of rotatable bonds is 3. The number of amides is 1. The molecule has 1 fully saturated rings. The largest absolute Gasteiger partial charge is 0.497 e. The Morgan fingerprint density at radius 3 is 2.71 bits per heavy atom. The fourth-order valence-electron chi connectivity index (χ4n) is 5.04. The molecule has 3 aromatic rings. The molecule has 34 heavy (non-hydrogen) atoms. The third kappa shape index (κ3) is 3.92. The van der Waals surface area contributed by atoms with Crippen molar-refractivity contribution in [1.82, 2.24) is 24.6 Å². The Labute approximate surface area is 194 Å². The standard InChI is InChI=1S/C23H25F3N6O2/c1-14-12-30(19-5-7-27-18-11-15(34-2)3-4-17(18)19)8-6-16(14)21(33)31-9-10-32-20(13-31)28-29-22(32)23(24,25)26/h3-5,7,11,14,16H,6,8-10,12-13H2,1-2H3/t14-,16+/m1/s1. The number of anilines is 1. The first-order valence-electron chi connectivity index (χ1n) is 11.2. The van der Waals surface area contributed by atoms with Gasteiger partial charge in [-0.2, -0.15) is 13.2 Å². The second kappa shape index (κ2) is 8.44. The molecule has 0 saturated carbocycles. The quantitative estimate of drug-likeness (QED) is 0.580. The number of hydrogen-bond donors (Lipinski definition) is 0. The maximum absolute atomic E-state index is 13.3. The van der Waals surface area contributed by atoms with Gasteiger partial charge in [-0.05, 0) is 30.5 Å². The van der Waals surface area contributed by atoms with Crippen molar-refractivity contribution in [1.29, 1.82) is 0 Å². The van der Waals surface area contributed by atoms with E-state index >= 15 is 0 Å². The van der Waals surface area contributed by atoms with Gasteiger partial charge < -0.3 is 19.1 Å². The van der Waals surface area contributed by atoms with E-state index in [-0.39, 0.29) is 43.2 Å². The number of alkyl halides is 3. The van der Waals surface area contributed by atoms with Gasteiger partial charge in [0.1, 0.15) is 5.75 Å². The fourth-order valence-corrected chi connectivity index (χ4v) is 5.04. The van der Waals surface area contributed by atoms with Crippen molar-refractivity contribution >= 4 is 22.5 Å². The van der Waals surface area contributed by atoms with Crippen molar-refractivity contribution in [2.45, 2.75) is 32.6 Å². The number of hydrogen-bond acceptors (Lipinski definition) is 6. The number of fused-ring (bicyclic) bond motifs is 2. The molecule has 0 bridgehead atoms. The highest BCUT2D eigenvalue weighted by atomic mass is 19.4. The molecule has 0 radical (unpaired) electrons. The molecule has 180 valence electrons. The van der Waals surface area contributed by atoms with Gasteiger partial charge in [0.15, 0.2) is 5.82 Å². The van der Waals surface area contributed by atoms with Crippen LogP contribution in [0.15, 0.2) is 30.5 Å². The molecule has 8 nitrogen and oxygen atoms in total. The number of pyridine rings is 1. The molecule has 4 heterocycles. The first-order valence-corrected chi connectivity index (χ1v) is 11.2. The lowest BCUT2D eigenvalue weighted by molar-refractivity contribution is -0.148. The molecule has 2 aliphatic heterocycles. The first-order chi connectivity index (χ1) is 16.3. The van der Waals surface area contributed by atoms with E-state index in [0.29, 0.717) is 19.5 Å². The third-order valence-corrected chi connectivity index (χ3v) is 6.81. The van der Waals surface area contributed by atoms with Gasteiger partial charge in [-0.3, -0.25) is 9.78 Å². The van der Waals surface area contributed by atoms with E-state index < -0.39 is 12.0 Å². The highest BCUT2D eigenvalue weighted by molar-refractivity contribution is 5.92. The average molecular weight is 474 g/mol. The Balaban J connectivity index is 1.29. The smallest absolute Gasteiger partial charge is 0.451 e. The summed E-state index contributed by atoms with van der Waals surface area (Å²) in [5.41, 5.74) is 1.91. The van der Waals surface area contributed by atoms with E-state index in [9.17, 15) is 18.0 Å². The summed E-state index contributed by atoms with van der Waals surface area (Å²) in [4.78, 5) is 21.7. The van der Waals surface area contributed by atoms with Crippen LogP contribution in [0.4, 0.5) is 18.9 Å². The molecule has 0 spiro atoms. The van der Waals surface area contributed by atoms with Gasteiger partial charge in [0, 0.05) is 55.4 Å². The van der Waals surface area contributed by atoms with Gasteiger partial charge in [0.2, 0.25) is 11.7 Å². The Morgan fingerprint density at radius 1 is 1.15 bits per heavy atom. The maximum atomic E-state index is 13.3. The Kier molecular flexibility index (Phi) is 5.57. The third-order valence-electron chi connectivity index (χ3n) is 6.81. The second-order valence-corrected chi connectivity index (χ2v) is 8.88. The SMILES string of the molecule is COc1ccc2c(N3CC[C@H](C(=O)N4CCn5c(nnc5C(F)(F)F)C4)[C@H](C)C3)ccnc2c1. The maximum Gasteiger partial charge on any atom is 0.451 e. The van der Waals surface area contributed by atoms with E-state index in [1.807, 2.05) is 24.3 Å². The molecule has 0 aliphatic carbocycles. The molecule has 2 aromatic heterocycles. The Morgan fingerprint density at radius 2 is 1.97 bits per heavy atom. The number of nitrogens with zero attached hydrogens (tertiary/aromatic N) is 6. The Hall–Kier alpha value is -3.37. The normalized spacial score (nSPS) is 21.0. The van der Waals surface area contributed by atoms with Crippen molar-refractivity contribution in [3.05, 3.63) is 42.1 Å². The zero-order chi connectivity index (χ0) is 24.0. The van der Waals surface area contributed by atoms with Crippen LogP contribution in [0.2, 0.25) is 0 Å². The van der Waals surface area contributed by atoms with Crippen molar-refractivity contribution < 1.29 is 22.7 Å². The lowest BCUT2D eigenvalue weighted by Crippen LogP contribution is -2.49. The second-order valence-electron chi connectivity index (χ2n) is 8.88. The van der Waals surface area contributed by atoms with E-state index in [2.05, 4.69) is 27.0 Å². The van der Waals surface area contributed by atoms with Gasteiger partial charge in [0.05, 0.1) is 19.2 Å². The zero-order valence-electron chi connectivity index (χ0n) is 18.9. The van der Waals surface area contributed by atoms with E-state index in [4.69, 9.17) is 4.74 Å². The number of carbonyl (C=O) groups is 1. The van der Waals surface area contributed by atoms with Crippen LogP contribution >= 0.6 is 0 Å². The molecule has 2 aliphatic rings. The molecule has 5 rings (SSSR count). The first kappa shape index (κ1) is 22.4. The summed E-state index contributed by atoms with van der Waals surface area (Å²) in [5, 5.41) is 8.01. The number of aromatic nitrogens is 4. The van der Waals surface area contributed by atoms with Crippen LogP contribution in [0.3, 0.4) is 0 Å². The minimum Gasteiger partial charge on any atom is -0.497 e. The molecule has 2 atom stereocenters. The molecule has 1 amide bonds. The summed E-state index contributed by atoms with van der Waals surface area (Å²) < 4.78 is 45.7. The topological polar surface area (TPSA) is 76.4 Å². The number of piperidine rings is 1. The monoisotopic (exact) mass is 474 g/mol. The van der Waals surface area contributed by atoms with Crippen LogP contribution in [0.25, 0.3) is 10.9 Å². The van der Waals surface area contributed by atoms with Crippen molar-refractivity contribution in [3.63, 3.8) is 0 Å². The van der Waals surface area contributed by atoms with Crippen LogP contribution < -0.4 is 9.64 Å². The summed E-state index contributed by atoms with van der Waals surface area (Å²) in [7, 11) is 1.62. The van der Waals surface area contributed by atoms with Crippen LogP contribution in [-0.2, 0) is 24.1 Å². The predicted molar refractivity (Wildman–Crippen MR) is 118 cm³/mol. The summed E-state index contributed by atoms with van der Waals surface area (Å²) in [6, 6.07) is 7.79. The number of ether oxygens (including phenoxy) is 1. The molecule has 0 N–H and O–H groups in total. The van der Waals surface area contributed by atoms with E-state index in [1.165, 1.54) is 0 Å². The van der Waals surface area contributed by atoms with Crippen LogP contribution in [0.1, 0.15) is 25.0 Å². The number of benzene rings is 1. The summed E-state index contributed by atoms with van der Waals surface area (Å²) in [6.45, 7) is 3.76. The summed E-state index contributed by atoms with van der Waals surface area (Å²) in [6.07, 6.45) is -2.11. The lowest BCUT2D eigenvalue weighted by atomic mass is 9.85. The van der Waals surface area contributed by atoms with Gasteiger partial charge in [-0.15, -0.1) is 10.2 Å². The highest BCUT2D eigenvalue weighted by Gasteiger charge is 2.41. The Bertz CT molecular complexity index is 1230. The lowest BCUT2D eigenvalue weighted by Gasteiger charge is -2.40. The van der Waals surface area contributed by atoms with Crippen LogP contribution in [0.5, 0.6) is 5.75 Å². The molecule has 1 saturated heterocycles.